The normalized spacial score (nSPS) is 18.0. The van der Waals surface area contributed by atoms with Crippen LogP contribution in [0.2, 0.25) is 0 Å². The molecule has 2 aliphatic rings. The van der Waals surface area contributed by atoms with Crippen molar-refractivity contribution in [2.75, 3.05) is 44.2 Å². The van der Waals surface area contributed by atoms with Crippen molar-refractivity contribution < 1.29 is 18.7 Å². The van der Waals surface area contributed by atoms with Crippen molar-refractivity contribution in [3.8, 4) is 0 Å². The highest BCUT2D eigenvalue weighted by Crippen LogP contribution is 2.35. The molecule has 180 valence electrons. The number of carboxylic acids is 1. The number of rotatable bonds is 3. The second-order valence-corrected chi connectivity index (χ2v) is 10.0. The molecule has 2 fully saturated rings. The number of nitrogens with one attached hydrogen (secondary N) is 1. The molecule has 0 unspecified atom stereocenters. The number of piperazine rings is 1. The number of hydrogen-bond acceptors (Lipinski definition) is 6. The van der Waals surface area contributed by atoms with E-state index in [1.807, 2.05) is 20.8 Å². The maximum atomic E-state index is 15.7. The number of aromatic carboxylic acids is 1. The lowest BCUT2D eigenvalue weighted by atomic mass is 10.0. The molecule has 8 nitrogen and oxygen atoms in total. The first-order chi connectivity index (χ1) is 16.1. The lowest BCUT2D eigenvalue weighted by Crippen LogP contribution is -2.63. The van der Waals surface area contributed by atoms with Gasteiger partial charge in [0.25, 0.3) is 0 Å². The van der Waals surface area contributed by atoms with Crippen LogP contribution in [0.3, 0.4) is 0 Å². The van der Waals surface area contributed by atoms with E-state index in [0.717, 1.165) is 26.2 Å². The second-order valence-electron chi connectivity index (χ2n) is 10.0. The van der Waals surface area contributed by atoms with Crippen LogP contribution in [0.5, 0.6) is 0 Å². The molecule has 0 radical (unpaired) electrons. The molecule has 10 heteroatoms. The number of pyridine rings is 2. The SMILES string of the molecule is CC(C)(C)n1cc(C(=O)O)c(=O)c2cc3cc(F)c(N4CC(N5CCNCC5)C4)c(F)c3nc21. The number of fused-ring (bicyclic) bond motifs is 2. The summed E-state index contributed by atoms with van der Waals surface area (Å²) < 4.78 is 32.3. The van der Waals surface area contributed by atoms with Gasteiger partial charge in [-0.15, -0.1) is 0 Å². The molecule has 5 rings (SSSR count). The van der Waals surface area contributed by atoms with Crippen molar-refractivity contribution in [1.29, 1.82) is 0 Å². The molecule has 0 atom stereocenters. The maximum Gasteiger partial charge on any atom is 0.341 e. The summed E-state index contributed by atoms with van der Waals surface area (Å²) in [7, 11) is 0. The molecule has 2 N–H and O–H groups in total. The zero-order valence-electron chi connectivity index (χ0n) is 19.4. The van der Waals surface area contributed by atoms with Gasteiger partial charge in [-0.2, -0.15) is 0 Å². The highest BCUT2D eigenvalue weighted by atomic mass is 19.1. The number of aromatic nitrogens is 2. The Bertz CT molecular complexity index is 1370. The van der Waals surface area contributed by atoms with Gasteiger partial charge in [-0.1, -0.05) is 0 Å². The first-order valence-electron chi connectivity index (χ1n) is 11.4. The standard InChI is InChI=1S/C24H27F2N5O3/c1-24(2,3)31-12-16(23(33)34)21(32)15-8-13-9-17(25)20(18(26)19(13)28-22(15)31)30-10-14(11-30)29-6-4-27-5-7-29/h8-9,12,14,27H,4-7,10-11H2,1-3H3,(H,33,34). The number of halogens is 2. The minimum atomic E-state index is -1.37. The molecule has 0 aliphatic carbocycles. The number of nitrogens with zero attached hydrogens (tertiary/aromatic N) is 4. The Hall–Kier alpha value is -3.11. The van der Waals surface area contributed by atoms with Crippen LogP contribution in [-0.2, 0) is 5.54 Å². The Morgan fingerprint density at radius 3 is 2.47 bits per heavy atom. The molecule has 3 aromatic rings. The highest BCUT2D eigenvalue weighted by Gasteiger charge is 2.36. The Balaban J connectivity index is 1.63. The van der Waals surface area contributed by atoms with Gasteiger partial charge in [0.2, 0.25) is 5.43 Å². The predicted octanol–water partition coefficient (Wildman–Crippen LogP) is 2.37. The molecule has 4 heterocycles. The molecule has 2 aliphatic heterocycles. The van der Waals surface area contributed by atoms with Gasteiger partial charge < -0.3 is 19.9 Å². The number of benzene rings is 1. The average Bonchev–Trinajstić information content (AvgIpc) is 2.74. The number of hydrogen-bond donors (Lipinski definition) is 2. The van der Waals surface area contributed by atoms with E-state index in [1.165, 1.54) is 18.3 Å². The molecule has 2 aromatic heterocycles. The number of anilines is 1. The van der Waals surface area contributed by atoms with Crippen LogP contribution in [0.1, 0.15) is 31.1 Å². The van der Waals surface area contributed by atoms with E-state index >= 15 is 8.78 Å². The summed E-state index contributed by atoms with van der Waals surface area (Å²) in [5, 5.41) is 12.9. The van der Waals surface area contributed by atoms with Gasteiger partial charge in [0.15, 0.2) is 5.82 Å². The second kappa shape index (κ2) is 7.99. The smallest absolute Gasteiger partial charge is 0.341 e. The van der Waals surface area contributed by atoms with Gasteiger partial charge in [0.05, 0.1) is 5.39 Å². The van der Waals surface area contributed by atoms with Crippen LogP contribution >= 0.6 is 0 Å². The molecule has 0 spiro atoms. The molecule has 0 amide bonds. The minimum absolute atomic E-state index is 0.0107. The van der Waals surface area contributed by atoms with Gasteiger partial charge in [-0.3, -0.25) is 9.69 Å². The lowest BCUT2D eigenvalue weighted by molar-refractivity contribution is 0.0694. The fourth-order valence-electron chi connectivity index (χ4n) is 4.84. The van der Waals surface area contributed by atoms with E-state index in [1.54, 1.807) is 9.47 Å². The summed E-state index contributed by atoms with van der Waals surface area (Å²) >= 11 is 0. The average molecular weight is 472 g/mol. The molecular weight excluding hydrogens is 444 g/mol. The predicted molar refractivity (Wildman–Crippen MR) is 126 cm³/mol. The number of carbonyl (C=O) groups is 1. The summed E-state index contributed by atoms with van der Waals surface area (Å²) in [5.41, 5.74) is -1.78. The zero-order chi connectivity index (χ0) is 24.4. The molecule has 0 bridgehead atoms. The van der Waals surface area contributed by atoms with Gasteiger partial charge >= 0.3 is 5.97 Å². The third-order valence-corrected chi connectivity index (χ3v) is 6.73. The van der Waals surface area contributed by atoms with Crippen molar-refractivity contribution >= 4 is 33.6 Å². The van der Waals surface area contributed by atoms with Crippen molar-refractivity contribution in [1.82, 2.24) is 19.8 Å². The van der Waals surface area contributed by atoms with Crippen molar-refractivity contribution in [3.05, 3.63) is 45.8 Å². The van der Waals surface area contributed by atoms with Crippen LogP contribution in [0.25, 0.3) is 21.9 Å². The Kier molecular flexibility index (Phi) is 5.33. The summed E-state index contributed by atoms with van der Waals surface area (Å²) in [6.45, 7) is 10.2. The molecule has 0 saturated carbocycles. The van der Waals surface area contributed by atoms with Gasteiger partial charge in [0, 0.05) is 62.4 Å². The highest BCUT2D eigenvalue weighted by molar-refractivity contribution is 5.97. The zero-order valence-corrected chi connectivity index (χ0v) is 19.4. The fraction of sp³-hybridized carbons (Fsp3) is 0.458. The lowest BCUT2D eigenvalue weighted by Gasteiger charge is -2.48. The molecule has 1 aromatic carbocycles. The third kappa shape index (κ3) is 3.61. The monoisotopic (exact) mass is 471 g/mol. The summed E-state index contributed by atoms with van der Waals surface area (Å²) in [6.07, 6.45) is 1.24. The van der Waals surface area contributed by atoms with Gasteiger partial charge in [-0.25, -0.2) is 18.6 Å². The Morgan fingerprint density at radius 1 is 1.18 bits per heavy atom. The summed E-state index contributed by atoms with van der Waals surface area (Å²) in [4.78, 5) is 32.9. The van der Waals surface area contributed by atoms with Crippen molar-refractivity contribution in [2.45, 2.75) is 32.4 Å². The minimum Gasteiger partial charge on any atom is -0.477 e. The van der Waals surface area contributed by atoms with Gasteiger partial charge in [-0.05, 0) is 32.9 Å². The van der Waals surface area contributed by atoms with Crippen LogP contribution in [-0.4, -0.2) is 70.8 Å². The van der Waals surface area contributed by atoms with Crippen LogP contribution < -0.4 is 15.6 Å². The third-order valence-electron chi connectivity index (χ3n) is 6.73. The van der Waals surface area contributed by atoms with Crippen LogP contribution in [0, 0.1) is 11.6 Å². The molecule has 34 heavy (non-hydrogen) atoms. The molecule has 2 saturated heterocycles. The Morgan fingerprint density at radius 2 is 1.85 bits per heavy atom. The summed E-state index contributed by atoms with van der Waals surface area (Å²) in [6, 6.07) is 2.76. The van der Waals surface area contributed by atoms with Crippen LogP contribution in [0.4, 0.5) is 14.5 Å². The van der Waals surface area contributed by atoms with E-state index in [4.69, 9.17) is 0 Å². The number of carboxylic acid groups (broad SMARTS) is 1. The van der Waals surface area contributed by atoms with E-state index < -0.39 is 34.1 Å². The largest absolute Gasteiger partial charge is 0.477 e. The van der Waals surface area contributed by atoms with Crippen LogP contribution in [0.15, 0.2) is 23.1 Å². The van der Waals surface area contributed by atoms with E-state index in [2.05, 4.69) is 15.2 Å². The molecular formula is C24H27F2N5O3. The first kappa shape index (κ1) is 22.7. The quantitative estimate of drug-likeness (QED) is 0.567. The van der Waals surface area contributed by atoms with Gasteiger partial charge in [0.1, 0.15) is 28.2 Å². The Labute approximate surface area is 194 Å². The summed E-state index contributed by atoms with van der Waals surface area (Å²) in [5.74, 6) is -2.86. The van der Waals surface area contributed by atoms with Crippen molar-refractivity contribution in [3.63, 3.8) is 0 Å². The first-order valence-corrected chi connectivity index (χ1v) is 11.4. The van der Waals surface area contributed by atoms with E-state index in [0.29, 0.717) is 13.1 Å². The van der Waals surface area contributed by atoms with E-state index in [-0.39, 0.29) is 33.7 Å². The topological polar surface area (TPSA) is 90.7 Å². The van der Waals surface area contributed by atoms with E-state index in [9.17, 15) is 14.7 Å². The van der Waals surface area contributed by atoms with Crippen molar-refractivity contribution in [2.24, 2.45) is 0 Å². The maximum absolute atomic E-state index is 15.7. The fourth-order valence-corrected chi connectivity index (χ4v) is 4.84.